The summed E-state index contributed by atoms with van der Waals surface area (Å²) in [6.07, 6.45) is 4.28. The molecule has 5 rings (SSSR count). The third-order valence-electron chi connectivity index (χ3n) is 7.74. The standard InChI is InChI=1S/C25H35N5O3/c1-18-7-9-19(10-8-18)26-24(32)25(2)17-29-21-6-4-3-5-20(21)27-22(29)23(31)30(25)12-11-28-13-15-33-16-14-28/h3-6,18-19H,7-17H2,1-2H3,(H,26,32)/t18?,19?,25-/m0/s1. The second kappa shape index (κ2) is 9.06. The summed E-state index contributed by atoms with van der Waals surface area (Å²) < 4.78 is 7.40. The van der Waals surface area contributed by atoms with Crippen LogP contribution in [0.25, 0.3) is 11.0 Å². The van der Waals surface area contributed by atoms with Crippen molar-refractivity contribution in [1.82, 2.24) is 24.7 Å². The third-order valence-corrected chi connectivity index (χ3v) is 7.74. The fraction of sp³-hybridized carbons (Fsp3) is 0.640. The first-order valence-electron chi connectivity index (χ1n) is 12.3. The van der Waals surface area contributed by atoms with Gasteiger partial charge < -0.3 is 19.5 Å². The van der Waals surface area contributed by atoms with Crippen molar-refractivity contribution in [3.8, 4) is 0 Å². The number of nitrogens with one attached hydrogen (secondary N) is 1. The van der Waals surface area contributed by atoms with Crippen molar-refractivity contribution >= 4 is 22.8 Å². The van der Waals surface area contributed by atoms with Gasteiger partial charge in [0.2, 0.25) is 5.91 Å². The zero-order valence-corrected chi connectivity index (χ0v) is 19.8. The molecule has 0 spiro atoms. The van der Waals surface area contributed by atoms with Crippen LogP contribution >= 0.6 is 0 Å². The van der Waals surface area contributed by atoms with Crippen molar-refractivity contribution in [3.63, 3.8) is 0 Å². The van der Waals surface area contributed by atoms with Gasteiger partial charge >= 0.3 is 0 Å². The SMILES string of the molecule is CC1CCC(NC(=O)[C@]2(C)Cn3c(nc4ccccc43)C(=O)N2CCN2CCOCC2)CC1. The first-order valence-corrected chi connectivity index (χ1v) is 12.3. The van der Waals surface area contributed by atoms with Crippen molar-refractivity contribution in [2.75, 3.05) is 39.4 Å². The number of rotatable bonds is 5. The molecule has 1 aromatic carbocycles. The summed E-state index contributed by atoms with van der Waals surface area (Å²) in [4.78, 5) is 36.2. The van der Waals surface area contributed by atoms with Gasteiger partial charge in [0.15, 0.2) is 5.82 Å². The Balaban J connectivity index is 1.43. The number of benzene rings is 1. The molecule has 1 atom stereocenters. The normalized spacial score (nSPS) is 28.7. The number of carbonyl (C=O) groups is 2. The molecule has 3 aliphatic rings. The van der Waals surface area contributed by atoms with E-state index >= 15 is 0 Å². The highest BCUT2D eigenvalue weighted by molar-refractivity contribution is 6.01. The van der Waals surface area contributed by atoms with Gasteiger partial charge in [0.1, 0.15) is 5.54 Å². The molecule has 1 aliphatic carbocycles. The van der Waals surface area contributed by atoms with Gasteiger partial charge in [-0.2, -0.15) is 0 Å². The van der Waals surface area contributed by atoms with E-state index in [2.05, 4.69) is 22.1 Å². The molecule has 3 heterocycles. The third kappa shape index (κ3) is 4.26. The molecule has 1 N–H and O–H groups in total. The fourth-order valence-corrected chi connectivity index (χ4v) is 5.49. The Morgan fingerprint density at radius 2 is 1.88 bits per heavy atom. The van der Waals surface area contributed by atoms with Crippen LogP contribution in [0.1, 0.15) is 50.1 Å². The van der Waals surface area contributed by atoms with Gasteiger partial charge in [0.05, 0.1) is 30.8 Å². The zero-order valence-electron chi connectivity index (χ0n) is 19.8. The molecule has 1 saturated heterocycles. The number of aromatic nitrogens is 2. The molecular formula is C25H35N5O3. The maximum absolute atomic E-state index is 13.8. The molecule has 0 bridgehead atoms. The largest absolute Gasteiger partial charge is 0.379 e. The first kappa shape index (κ1) is 22.3. The average Bonchev–Trinajstić information content (AvgIpc) is 3.19. The van der Waals surface area contributed by atoms with Crippen LogP contribution in [0.3, 0.4) is 0 Å². The maximum atomic E-state index is 13.8. The number of para-hydroxylation sites is 2. The number of amides is 2. The monoisotopic (exact) mass is 453 g/mol. The molecule has 33 heavy (non-hydrogen) atoms. The van der Waals surface area contributed by atoms with Crippen molar-refractivity contribution in [1.29, 1.82) is 0 Å². The van der Waals surface area contributed by atoms with Crippen LogP contribution in [-0.4, -0.2) is 82.1 Å². The Kier molecular flexibility index (Phi) is 6.14. The van der Waals surface area contributed by atoms with E-state index in [0.29, 0.717) is 32.1 Å². The lowest BCUT2D eigenvalue weighted by molar-refractivity contribution is -0.134. The first-order chi connectivity index (χ1) is 16.0. The van der Waals surface area contributed by atoms with Gasteiger partial charge in [-0.3, -0.25) is 14.5 Å². The summed E-state index contributed by atoms with van der Waals surface area (Å²) in [6, 6.07) is 7.96. The molecule has 2 fully saturated rings. The van der Waals surface area contributed by atoms with Gasteiger partial charge in [0.25, 0.3) is 5.91 Å². The van der Waals surface area contributed by atoms with E-state index in [4.69, 9.17) is 4.74 Å². The minimum absolute atomic E-state index is 0.0548. The molecule has 2 amide bonds. The van der Waals surface area contributed by atoms with Crippen molar-refractivity contribution in [2.24, 2.45) is 5.92 Å². The second-order valence-electron chi connectivity index (χ2n) is 10.1. The molecule has 1 aromatic heterocycles. The Bertz CT molecular complexity index is 1020. The minimum atomic E-state index is -0.969. The number of imidazole rings is 1. The molecule has 1 saturated carbocycles. The summed E-state index contributed by atoms with van der Waals surface area (Å²) in [6.45, 7) is 8.94. The molecule has 0 unspecified atom stereocenters. The molecule has 8 nitrogen and oxygen atoms in total. The van der Waals surface area contributed by atoms with Gasteiger partial charge in [-0.15, -0.1) is 0 Å². The van der Waals surface area contributed by atoms with E-state index < -0.39 is 5.54 Å². The predicted molar refractivity (Wildman–Crippen MR) is 126 cm³/mol. The molecule has 2 aliphatic heterocycles. The second-order valence-corrected chi connectivity index (χ2v) is 10.1. The fourth-order valence-electron chi connectivity index (χ4n) is 5.49. The Hall–Kier alpha value is -2.45. The van der Waals surface area contributed by atoms with Crippen LogP contribution in [0.4, 0.5) is 0 Å². The number of ether oxygens (including phenoxy) is 1. The van der Waals surface area contributed by atoms with Crippen molar-refractivity contribution in [2.45, 2.75) is 57.7 Å². The number of carbonyl (C=O) groups excluding carboxylic acids is 2. The predicted octanol–water partition coefficient (Wildman–Crippen LogP) is 2.28. The molecular weight excluding hydrogens is 418 g/mol. The molecule has 2 aromatic rings. The Morgan fingerprint density at radius 1 is 1.15 bits per heavy atom. The minimum Gasteiger partial charge on any atom is -0.379 e. The van der Waals surface area contributed by atoms with Crippen molar-refractivity contribution in [3.05, 3.63) is 30.1 Å². The van der Waals surface area contributed by atoms with E-state index in [1.54, 1.807) is 4.90 Å². The lowest BCUT2D eigenvalue weighted by Gasteiger charge is -2.45. The summed E-state index contributed by atoms with van der Waals surface area (Å²) in [7, 11) is 0. The van der Waals surface area contributed by atoms with Crippen LogP contribution < -0.4 is 5.32 Å². The molecule has 178 valence electrons. The van der Waals surface area contributed by atoms with Crippen LogP contribution in [-0.2, 0) is 16.1 Å². The van der Waals surface area contributed by atoms with E-state index in [1.165, 1.54) is 0 Å². The van der Waals surface area contributed by atoms with Crippen molar-refractivity contribution < 1.29 is 14.3 Å². The average molecular weight is 454 g/mol. The zero-order chi connectivity index (χ0) is 23.0. The number of morpholine rings is 1. The molecule has 0 radical (unpaired) electrons. The lowest BCUT2D eigenvalue weighted by atomic mass is 9.86. The quantitative estimate of drug-likeness (QED) is 0.751. The summed E-state index contributed by atoms with van der Waals surface area (Å²) >= 11 is 0. The van der Waals surface area contributed by atoms with Crippen LogP contribution in [0.2, 0.25) is 0 Å². The summed E-state index contributed by atoms with van der Waals surface area (Å²) in [5.41, 5.74) is 0.724. The van der Waals surface area contributed by atoms with E-state index in [0.717, 1.165) is 62.3 Å². The maximum Gasteiger partial charge on any atom is 0.290 e. The Morgan fingerprint density at radius 3 is 2.64 bits per heavy atom. The van der Waals surface area contributed by atoms with Gasteiger partial charge in [0, 0.05) is 32.2 Å². The number of hydrogen-bond donors (Lipinski definition) is 1. The van der Waals surface area contributed by atoms with Gasteiger partial charge in [-0.05, 0) is 50.7 Å². The van der Waals surface area contributed by atoms with Crippen LogP contribution in [0.15, 0.2) is 24.3 Å². The van der Waals surface area contributed by atoms with Crippen LogP contribution in [0.5, 0.6) is 0 Å². The Labute approximate surface area is 195 Å². The summed E-state index contributed by atoms with van der Waals surface area (Å²) in [5, 5.41) is 3.31. The smallest absolute Gasteiger partial charge is 0.290 e. The highest BCUT2D eigenvalue weighted by Crippen LogP contribution is 2.31. The highest BCUT2D eigenvalue weighted by Gasteiger charge is 2.48. The molecule has 8 heteroatoms. The van der Waals surface area contributed by atoms with Crippen LogP contribution in [0, 0.1) is 5.92 Å². The van der Waals surface area contributed by atoms with E-state index in [9.17, 15) is 9.59 Å². The number of hydrogen-bond acceptors (Lipinski definition) is 5. The van der Waals surface area contributed by atoms with Gasteiger partial charge in [-0.25, -0.2) is 4.98 Å². The number of fused-ring (bicyclic) bond motifs is 3. The van der Waals surface area contributed by atoms with E-state index in [-0.39, 0.29) is 17.9 Å². The highest BCUT2D eigenvalue weighted by atomic mass is 16.5. The van der Waals surface area contributed by atoms with Gasteiger partial charge in [-0.1, -0.05) is 19.1 Å². The lowest BCUT2D eigenvalue weighted by Crippen LogP contribution is -2.66. The van der Waals surface area contributed by atoms with E-state index in [1.807, 2.05) is 35.8 Å². The summed E-state index contributed by atoms with van der Waals surface area (Å²) in [5.74, 6) is 0.922. The number of nitrogens with zero attached hydrogens (tertiary/aromatic N) is 4. The topological polar surface area (TPSA) is 79.7 Å².